The first-order valence-electron chi connectivity index (χ1n) is 4.87. The molecular weight excluding hydrogens is 278 g/mol. The molecule has 0 bridgehead atoms. The molecule has 7 nitrogen and oxygen atoms in total. The molecule has 0 aromatic rings. The summed E-state index contributed by atoms with van der Waals surface area (Å²) in [7, 11) is 3.21. The third-order valence-electron chi connectivity index (χ3n) is 1.44. The van der Waals surface area contributed by atoms with Crippen LogP contribution in [0.15, 0.2) is 16.1 Å². The van der Waals surface area contributed by atoms with Gasteiger partial charge >= 0.3 is 0 Å². The summed E-state index contributed by atoms with van der Waals surface area (Å²) < 4.78 is 8.80. The first kappa shape index (κ1) is 17.1. The summed E-state index contributed by atoms with van der Waals surface area (Å²) in [5.74, 6) is 0. The Morgan fingerprint density at radius 3 is 2.72 bits per heavy atom. The second kappa shape index (κ2) is 9.09. The lowest BCUT2D eigenvalue weighted by atomic mass is 10.4. The molecule has 1 unspecified atom stereocenters. The molecule has 1 amide bonds. The van der Waals surface area contributed by atoms with E-state index >= 15 is 0 Å². The van der Waals surface area contributed by atoms with E-state index in [4.69, 9.17) is 20.7 Å². The number of aliphatic hydroxyl groups is 2. The Kier molecular flexibility index (Phi) is 8.63. The van der Waals surface area contributed by atoms with Gasteiger partial charge in [0.15, 0.2) is 10.3 Å². The van der Waals surface area contributed by atoms with Crippen molar-refractivity contribution in [2.24, 2.45) is 10.1 Å². The summed E-state index contributed by atoms with van der Waals surface area (Å²) in [6.07, 6.45) is -0.964. The molecule has 18 heavy (non-hydrogen) atoms. The average Bonchev–Trinajstić information content (AvgIpc) is 2.32. The van der Waals surface area contributed by atoms with Crippen LogP contribution in [0, 0.1) is 0 Å². The predicted octanol–water partition coefficient (Wildman–Crippen LogP) is 0.205. The van der Waals surface area contributed by atoms with Crippen molar-refractivity contribution in [3.63, 3.8) is 0 Å². The molecule has 0 rings (SSSR count). The highest BCUT2D eigenvalue weighted by Gasteiger charge is 2.08. The van der Waals surface area contributed by atoms with E-state index in [0.29, 0.717) is 0 Å². The highest BCUT2D eigenvalue weighted by atomic mass is 32.2. The van der Waals surface area contributed by atoms with E-state index in [2.05, 4.69) is 11.0 Å². The lowest BCUT2D eigenvalue weighted by Crippen LogP contribution is -2.21. The fraction of sp³-hybridized carbons (Fsp3) is 0.556. The zero-order valence-corrected chi connectivity index (χ0v) is 11.8. The number of amidine groups is 1. The van der Waals surface area contributed by atoms with E-state index in [-0.39, 0.29) is 22.1 Å². The van der Waals surface area contributed by atoms with E-state index in [1.807, 2.05) is 0 Å². The Labute approximate surface area is 114 Å². The largest absolute Gasteiger partial charge is 0.483 e. The van der Waals surface area contributed by atoms with Crippen LogP contribution in [0.25, 0.3) is 0 Å². The molecule has 4 N–H and O–H groups in total. The quantitative estimate of drug-likeness (QED) is 0.278. The summed E-state index contributed by atoms with van der Waals surface area (Å²) >= 11 is 1.64. The summed E-state index contributed by atoms with van der Waals surface area (Å²) in [6, 6.07) is 0. The van der Waals surface area contributed by atoms with Gasteiger partial charge in [-0.3, -0.25) is 4.79 Å². The third-order valence-corrected chi connectivity index (χ3v) is 3.01. The Balaban J connectivity index is 3.98. The summed E-state index contributed by atoms with van der Waals surface area (Å²) in [5.41, 5.74) is 5.50. The summed E-state index contributed by atoms with van der Waals surface area (Å²) in [5, 5.41) is 17.6. The summed E-state index contributed by atoms with van der Waals surface area (Å²) in [4.78, 5) is 12.6. The van der Waals surface area contributed by atoms with Crippen LogP contribution >= 0.6 is 23.7 Å². The normalized spacial score (nSPS) is 13.0. The number of ether oxygens (including phenoxy) is 1. The van der Waals surface area contributed by atoms with Crippen molar-refractivity contribution in [3.05, 3.63) is 11.7 Å². The van der Waals surface area contributed by atoms with Gasteiger partial charge in [0.1, 0.15) is 12.7 Å². The number of thioether (sulfide) groups is 1. The number of hydrogen-bond acceptors (Lipinski definition) is 7. The van der Waals surface area contributed by atoms with Gasteiger partial charge in [-0.15, -0.1) is 0 Å². The molecule has 0 heterocycles. The smallest absolute Gasteiger partial charge is 0.288 e. The minimum Gasteiger partial charge on any atom is -0.483 e. The molecule has 0 fully saturated rings. The standard InChI is InChI=1S/C9H17N3O4S2/c1-6(16-5-7(14)4-13)18-11-8(10)17-9(15)12(2)3/h7,13-14H,1,4-5H2,2-3H3,(H2,10,11). The maximum absolute atomic E-state index is 11.3. The topological polar surface area (TPSA) is 108 Å². The van der Waals surface area contributed by atoms with Crippen LogP contribution in [0.4, 0.5) is 4.79 Å². The van der Waals surface area contributed by atoms with Crippen LogP contribution in [0.1, 0.15) is 0 Å². The van der Waals surface area contributed by atoms with Crippen molar-refractivity contribution in [2.75, 3.05) is 27.3 Å². The molecule has 0 aliphatic carbocycles. The lowest BCUT2D eigenvalue weighted by molar-refractivity contribution is 0.0363. The van der Waals surface area contributed by atoms with Gasteiger partial charge in [0.25, 0.3) is 5.24 Å². The minimum atomic E-state index is -0.964. The zero-order valence-electron chi connectivity index (χ0n) is 10.2. The van der Waals surface area contributed by atoms with E-state index in [1.165, 1.54) is 4.90 Å². The second-order valence-electron chi connectivity index (χ2n) is 3.30. The highest BCUT2D eigenvalue weighted by molar-refractivity contribution is 8.26. The van der Waals surface area contributed by atoms with Crippen molar-refractivity contribution < 1.29 is 19.7 Å². The molecule has 0 aromatic carbocycles. The molecule has 0 aromatic heterocycles. The molecule has 104 valence electrons. The van der Waals surface area contributed by atoms with Crippen LogP contribution in [0.2, 0.25) is 0 Å². The molecule has 0 saturated carbocycles. The second-order valence-corrected chi connectivity index (χ2v) is 5.09. The third kappa shape index (κ3) is 8.23. The number of amides is 1. The number of aliphatic hydroxyl groups excluding tert-OH is 2. The van der Waals surface area contributed by atoms with Gasteiger partial charge in [-0.2, -0.15) is 4.40 Å². The van der Waals surface area contributed by atoms with Crippen molar-refractivity contribution in [3.8, 4) is 0 Å². The maximum atomic E-state index is 11.3. The Hall–Kier alpha value is -0.900. The van der Waals surface area contributed by atoms with E-state index < -0.39 is 12.7 Å². The van der Waals surface area contributed by atoms with Crippen molar-refractivity contribution in [2.45, 2.75) is 6.10 Å². The van der Waals surface area contributed by atoms with Crippen LogP contribution in [-0.4, -0.2) is 58.9 Å². The van der Waals surface area contributed by atoms with Gasteiger partial charge in [0.05, 0.1) is 18.6 Å². The van der Waals surface area contributed by atoms with Crippen LogP contribution in [0.3, 0.4) is 0 Å². The molecule has 1 atom stereocenters. The number of rotatable bonds is 6. The van der Waals surface area contributed by atoms with Crippen molar-refractivity contribution >= 4 is 34.1 Å². The predicted molar refractivity (Wildman–Crippen MR) is 74.1 cm³/mol. The van der Waals surface area contributed by atoms with Crippen LogP contribution < -0.4 is 5.73 Å². The number of nitrogens with zero attached hydrogens (tertiary/aromatic N) is 2. The molecular formula is C9H17N3O4S2. The first-order chi connectivity index (χ1) is 8.36. The van der Waals surface area contributed by atoms with E-state index in [1.54, 1.807) is 14.1 Å². The van der Waals surface area contributed by atoms with Gasteiger partial charge in [0, 0.05) is 25.9 Å². The molecule has 0 saturated heterocycles. The number of carbonyl (C=O) groups excluding carboxylic acids is 1. The average molecular weight is 295 g/mol. The van der Waals surface area contributed by atoms with Gasteiger partial charge in [-0.25, -0.2) is 0 Å². The van der Waals surface area contributed by atoms with Gasteiger partial charge in [-0.1, -0.05) is 0 Å². The van der Waals surface area contributed by atoms with Gasteiger partial charge in [-0.05, 0) is 6.58 Å². The maximum Gasteiger partial charge on any atom is 0.288 e. The molecule has 0 aliphatic heterocycles. The Morgan fingerprint density at radius 1 is 1.61 bits per heavy atom. The molecule has 0 radical (unpaired) electrons. The van der Waals surface area contributed by atoms with Crippen LogP contribution in [-0.2, 0) is 4.74 Å². The van der Waals surface area contributed by atoms with Crippen LogP contribution in [0.5, 0.6) is 0 Å². The Morgan fingerprint density at radius 2 is 2.22 bits per heavy atom. The van der Waals surface area contributed by atoms with Crippen molar-refractivity contribution in [1.82, 2.24) is 4.90 Å². The molecule has 0 aliphatic rings. The highest BCUT2D eigenvalue weighted by Crippen LogP contribution is 2.18. The lowest BCUT2D eigenvalue weighted by Gasteiger charge is -2.10. The molecule has 9 heteroatoms. The van der Waals surface area contributed by atoms with Gasteiger partial charge < -0.3 is 25.6 Å². The fourth-order valence-electron chi connectivity index (χ4n) is 0.563. The SMILES string of the molecule is C=C(OCC(O)CO)SN=C(N)SC(=O)N(C)C. The monoisotopic (exact) mass is 295 g/mol. The van der Waals surface area contributed by atoms with E-state index in [9.17, 15) is 4.79 Å². The number of nitrogens with two attached hydrogens (primary N) is 1. The van der Waals surface area contributed by atoms with Crippen molar-refractivity contribution in [1.29, 1.82) is 0 Å². The molecule has 0 spiro atoms. The minimum absolute atomic E-state index is 0.0751. The van der Waals surface area contributed by atoms with E-state index in [0.717, 1.165) is 23.7 Å². The van der Waals surface area contributed by atoms with Gasteiger partial charge in [0.2, 0.25) is 0 Å². The first-order valence-corrected chi connectivity index (χ1v) is 6.46. The Bertz CT molecular complexity index is 323. The zero-order chi connectivity index (χ0) is 14.1. The summed E-state index contributed by atoms with van der Waals surface area (Å²) in [6.45, 7) is 3.05. The number of carbonyl (C=O) groups is 1. The number of hydrogen-bond donors (Lipinski definition) is 3. The fourth-order valence-corrected chi connectivity index (χ4v) is 1.50.